The Labute approximate surface area is 196 Å². The molecular formula is C21H35Cl2NOSiTi-. The summed E-state index contributed by atoms with van der Waals surface area (Å²) in [4.78, 5) is 0. The van der Waals surface area contributed by atoms with Gasteiger partial charge in [-0.15, -0.1) is 0 Å². The minimum Gasteiger partial charge on any atom is -1.00 e. The van der Waals surface area contributed by atoms with E-state index >= 15 is 0 Å². The van der Waals surface area contributed by atoms with Gasteiger partial charge < -0.3 is 29.0 Å². The van der Waals surface area contributed by atoms with Gasteiger partial charge in [0, 0.05) is 33.6 Å². The second kappa shape index (κ2) is 10.5. The molecule has 0 saturated carbocycles. The molecule has 1 aromatic rings. The van der Waals surface area contributed by atoms with Crippen molar-refractivity contribution in [3.63, 3.8) is 0 Å². The SMILES string of the molecule is CCCCC1(CC(C)(C)[N+](C)(C)[Si]=O)c2ccccc2CC1(C)C.[Cl-].[Cl-].[Ti]. The third kappa shape index (κ3) is 5.35. The Kier molecular flexibility index (Phi) is 11.5. The Morgan fingerprint density at radius 2 is 1.70 bits per heavy atom. The summed E-state index contributed by atoms with van der Waals surface area (Å²) in [6.07, 6.45) is 5.92. The average molecular weight is 464 g/mol. The van der Waals surface area contributed by atoms with Crippen LogP contribution < -0.4 is 24.8 Å². The Hall–Kier alpha value is 0.491. The number of halogens is 2. The molecule has 1 aliphatic rings. The van der Waals surface area contributed by atoms with Crippen molar-refractivity contribution < 1.29 is 55.1 Å². The third-order valence-corrected chi connectivity index (χ3v) is 7.96. The van der Waals surface area contributed by atoms with Gasteiger partial charge in [0.15, 0.2) is 0 Å². The van der Waals surface area contributed by atoms with Crippen molar-refractivity contribution in [3.05, 3.63) is 35.4 Å². The number of hydrogen-bond donors (Lipinski definition) is 0. The van der Waals surface area contributed by atoms with Crippen LogP contribution in [0.2, 0.25) is 0 Å². The van der Waals surface area contributed by atoms with E-state index in [4.69, 9.17) is 0 Å². The van der Waals surface area contributed by atoms with Crippen molar-refractivity contribution in [2.24, 2.45) is 5.41 Å². The predicted octanol–water partition coefficient (Wildman–Crippen LogP) is -1.09. The molecule has 27 heavy (non-hydrogen) atoms. The van der Waals surface area contributed by atoms with Gasteiger partial charge in [-0.05, 0) is 43.2 Å². The van der Waals surface area contributed by atoms with Gasteiger partial charge in [-0.3, -0.25) is 4.46 Å². The largest absolute Gasteiger partial charge is 1.00 e. The zero-order valence-corrected chi connectivity index (χ0v) is 22.0. The Balaban J connectivity index is 0. The first kappa shape index (κ1) is 29.7. The van der Waals surface area contributed by atoms with E-state index in [2.05, 4.69) is 73.0 Å². The molecular weight excluding hydrogens is 429 g/mol. The molecule has 1 aromatic carbocycles. The van der Waals surface area contributed by atoms with E-state index in [0.29, 0.717) is 4.15 Å². The van der Waals surface area contributed by atoms with E-state index in [-0.39, 0.29) is 72.5 Å². The van der Waals surface area contributed by atoms with Crippen LogP contribution in [0.15, 0.2) is 24.3 Å². The minimum absolute atomic E-state index is 0. The van der Waals surface area contributed by atoms with Crippen molar-refractivity contribution >= 4 is 9.57 Å². The van der Waals surface area contributed by atoms with E-state index in [1.807, 2.05) is 0 Å². The molecule has 1 radical (unpaired) electrons. The number of quaternary nitrogens is 1. The fraction of sp³-hybridized carbons (Fsp3) is 0.714. The summed E-state index contributed by atoms with van der Waals surface area (Å²) >= 11 is 0. The number of rotatable bonds is 7. The fourth-order valence-corrected chi connectivity index (χ4v) is 4.91. The summed E-state index contributed by atoms with van der Waals surface area (Å²) in [6.45, 7) is 11.8. The number of fused-ring (bicyclic) bond motifs is 1. The summed E-state index contributed by atoms with van der Waals surface area (Å²) in [7, 11) is 3.88. The van der Waals surface area contributed by atoms with Crippen LogP contribution in [0.3, 0.4) is 0 Å². The van der Waals surface area contributed by atoms with E-state index < -0.39 is 0 Å². The zero-order chi connectivity index (χ0) is 18.2. The summed E-state index contributed by atoms with van der Waals surface area (Å²) in [6, 6.07) is 9.04. The molecule has 0 saturated heterocycles. The molecule has 0 aliphatic heterocycles. The first-order chi connectivity index (χ1) is 11.0. The van der Waals surface area contributed by atoms with E-state index in [1.165, 1.54) is 24.8 Å². The first-order valence-electron chi connectivity index (χ1n) is 9.35. The van der Waals surface area contributed by atoms with Crippen LogP contribution in [0.1, 0.15) is 71.4 Å². The maximum absolute atomic E-state index is 11.9. The first-order valence-corrected chi connectivity index (χ1v) is 10.2. The molecule has 1 unspecified atom stereocenters. The second-order valence-corrected chi connectivity index (χ2v) is 10.7. The predicted molar refractivity (Wildman–Crippen MR) is 102 cm³/mol. The van der Waals surface area contributed by atoms with Crippen molar-refractivity contribution in [2.75, 3.05) is 14.1 Å². The van der Waals surface area contributed by atoms with Crippen molar-refractivity contribution in [3.8, 4) is 0 Å². The topological polar surface area (TPSA) is 17.1 Å². The van der Waals surface area contributed by atoms with Crippen LogP contribution in [0.25, 0.3) is 0 Å². The van der Waals surface area contributed by atoms with Gasteiger partial charge in [-0.1, -0.05) is 57.9 Å². The standard InChI is InChI=1S/C21H35NOSi.2ClH.Ti/c1-8-9-14-21(16-20(4,5)22(6,7)24-23)18-13-11-10-12-17(18)15-19(21,2)3;;;/h10-13H,8-9,14-16H2,1-7H3;2*1H;/q+1;;;/p-2. The van der Waals surface area contributed by atoms with Gasteiger partial charge in [0.25, 0.3) is 0 Å². The molecule has 0 amide bonds. The fourth-order valence-electron chi connectivity index (χ4n) is 4.59. The van der Waals surface area contributed by atoms with Crippen LogP contribution in [-0.2, 0) is 38.0 Å². The smallest absolute Gasteiger partial charge is 0.666 e. The summed E-state index contributed by atoms with van der Waals surface area (Å²) in [5.74, 6) is 0. The quantitative estimate of drug-likeness (QED) is 0.469. The van der Waals surface area contributed by atoms with Gasteiger partial charge in [0.05, 0.1) is 19.6 Å². The molecule has 1 atom stereocenters. The summed E-state index contributed by atoms with van der Waals surface area (Å²) in [5, 5.41) is 0. The maximum atomic E-state index is 11.9. The number of unbranched alkanes of at least 4 members (excludes halogenated alkanes) is 1. The van der Waals surface area contributed by atoms with Crippen LogP contribution >= 0.6 is 0 Å². The summed E-state index contributed by atoms with van der Waals surface area (Å²) in [5.41, 5.74) is 3.42. The molecule has 2 rings (SSSR count). The molecule has 0 bridgehead atoms. The molecule has 6 heteroatoms. The average Bonchev–Trinajstić information content (AvgIpc) is 2.72. The maximum Gasteiger partial charge on any atom is 0.666 e. The van der Waals surface area contributed by atoms with Gasteiger partial charge in [-0.25, -0.2) is 0 Å². The van der Waals surface area contributed by atoms with Crippen molar-refractivity contribution in [1.82, 2.24) is 0 Å². The van der Waals surface area contributed by atoms with E-state index in [9.17, 15) is 4.46 Å². The van der Waals surface area contributed by atoms with Crippen LogP contribution in [0, 0.1) is 5.41 Å². The molecule has 0 N–H and O–H groups in total. The van der Waals surface area contributed by atoms with Crippen molar-refractivity contribution in [1.29, 1.82) is 0 Å². The van der Waals surface area contributed by atoms with Gasteiger partial charge >= 0.3 is 9.57 Å². The molecule has 0 spiro atoms. The minimum atomic E-state index is -0.330. The van der Waals surface area contributed by atoms with Crippen LogP contribution in [0.4, 0.5) is 0 Å². The number of nitrogens with zero attached hydrogens (tertiary/aromatic N) is 1. The monoisotopic (exact) mass is 463 g/mol. The second-order valence-electron chi connectivity index (χ2n) is 9.44. The zero-order valence-electron chi connectivity index (χ0n) is 18.0. The van der Waals surface area contributed by atoms with Gasteiger partial charge in [-0.2, -0.15) is 0 Å². The molecule has 1 aliphatic carbocycles. The molecule has 0 fully saturated rings. The molecule has 2 nitrogen and oxygen atoms in total. The van der Waals surface area contributed by atoms with Crippen molar-refractivity contribution in [2.45, 2.75) is 77.7 Å². The van der Waals surface area contributed by atoms with Gasteiger partial charge in [0.2, 0.25) is 0 Å². The molecule has 153 valence electrons. The van der Waals surface area contributed by atoms with E-state index in [0.717, 1.165) is 12.8 Å². The molecule has 0 heterocycles. The van der Waals surface area contributed by atoms with Crippen LogP contribution in [0.5, 0.6) is 0 Å². The summed E-state index contributed by atoms with van der Waals surface area (Å²) < 4.78 is 12.5. The number of hydrogen-bond acceptors (Lipinski definition) is 1. The molecule has 0 aromatic heterocycles. The Bertz CT molecular complexity index is 622. The van der Waals surface area contributed by atoms with Crippen LogP contribution in [-0.4, -0.2) is 33.4 Å². The number of benzene rings is 1. The normalized spacial score (nSPS) is 20.6. The van der Waals surface area contributed by atoms with E-state index in [1.54, 1.807) is 5.56 Å². The third-order valence-electron chi connectivity index (χ3n) is 6.89. The Morgan fingerprint density at radius 1 is 1.15 bits per heavy atom. The Morgan fingerprint density at radius 3 is 2.22 bits per heavy atom. The van der Waals surface area contributed by atoms with Gasteiger partial charge in [0.1, 0.15) is 0 Å².